The lowest BCUT2D eigenvalue weighted by molar-refractivity contribution is -0.189. The molecule has 7 nitrogen and oxygen atoms in total. The van der Waals surface area contributed by atoms with Crippen molar-refractivity contribution >= 4 is 35.2 Å². The smallest absolute Gasteiger partial charge is 0.302 e. The van der Waals surface area contributed by atoms with E-state index in [2.05, 4.69) is 45.5 Å². The number of carbonyl (C=O) groups is 4. The molecule has 5 aliphatic rings. The van der Waals surface area contributed by atoms with E-state index in [4.69, 9.17) is 16.3 Å². The third-order valence-corrected chi connectivity index (χ3v) is 13.5. The first-order chi connectivity index (χ1) is 21.2. The molecule has 2 amide bonds. The molecular weight excluding hydrogens is 588 g/mol. The van der Waals surface area contributed by atoms with Gasteiger partial charge < -0.3 is 4.74 Å². The number of hydrazine groups is 1. The number of allylic oxidation sites excluding steroid dienone is 1. The van der Waals surface area contributed by atoms with Crippen molar-refractivity contribution in [3.8, 4) is 0 Å². The first-order valence-corrected chi connectivity index (χ1v) is 17.4. The number of ether oxygens (including phenoxy) is 1. The number of rotatable bonds is 4. The number of ketones is 1. The number of nitrogens with one attached hydrogen (secondary N) is 2. The summed E-state index contributed by atoms with van der Waals surface area (Å²) in [6, 6.07) is 6.51. The molecule has 1 aromatic rings. The van der Waals surface area contributed by atoms with Gasteiger partial charge in [-0.25, -0.2) is 0 Å². The van der Waals surface area contributed by atoms with Gasteiger partial charge in [-0.1, -0.05) is 46.2 Å². The number of benzene rings is 1. The molecule has 6 rings (SSSR count). The highest BCUT2D eigenvalue weighted by Crippen LogP contribution is 2.71. The Labute approximate surface area is 272 Å². The molecule has 45 heavy (non-hydrogen) atoms. The van der Waals surface area contributed by atoms with Crippen LogP contribution in [-0.4, -0.2) is 29.7 Å². The van der Waals surface area contributed by atoms with Crippen molar-refractivity contribution in [2.45, 2.75) is 105 Å². The molecule has 0 saturated heterocycles. The molecule has 0 spiro atoms. The van der Waals surface area contributed by atoms with E-state index >= 15 is 0 Å². The Morgan fingerprint density at radius 1 is 0.911 bits per heavy atom. The average Bonchev–Trinajstić information content (AvgIpc) is 3.31. The Kier molecular flexibility index (Phi) is 8.28. The molecule has 2 N–H and O–H groups in total. The summed E-state index contributed by atoms with van der Waals surface area (Å²) in [4.78, 5) is 52.6. The topological polar surface area (TPSA) is 102 Å². The van der Waals surface area contributed by atoms with E-state index in [-0.39, 0.29) is 52.9 Å². The zero-order chi connectivity index (χ0) is 32.5. The summed E-state index contributed by atoms with van der Waals surface area (Å²) in [6.45, 7) is 13.0. The maximum absolute atomic E-state index is 14.2. The van der Waals surface area contributed by atoms with Crippen molar-refractivity contribution in [2.24, 2.45) is 51.8 Å². The minimum atomic E-state index is -0.925. The summed E-state index contributed by atoms with van der Waals surface area (Å²) in [5.41, 5.74) is 7.02. The van der Waals surface area contributed by atoms with Gasteiger partial charge in [0.2, 0.25) is 5.91 Å². The Morgan fingerprint density at radius 2 is 1.56 bits per heavy atom. The molecule has 0 aliphatic heterocycles. The highest BCUT2D eigenvalue weighted by Gasteiger charge is 2.66. The molecule has 0 aromatic heterocycles. The molecular formula is C37H49ClN2O5. The van der Waals surface area contributed by atoms with Gasteiger partial charge in [0.15, 0.2) is 5.78 Å². The second kappa shape index (κ2) is 11.5. The van der Waals surface area contributed by atoms with Crippen LogP contribution >= 0.6 is 11.6 Å². The average molecular weight is 637 g/mol. The summed E-state index contributed by atoms with van der Waals surface area (Å²) in [6.07, 6.45) is 7.94. The fourth-order valence-corrected chi connectivity index (χ4v) is 11.6. The number of halogens is 1. The zero-order valence-electron chi connectivity index (χ0n) is 27.6. The van der Waals surface area contributed by atoms with Crippen LogP contribution in [0.1, 0.15) is 110 Å². The standard InChI is InChI=1S/C37H49ClN2O5/c1-20(2)31-28(42)19-37(34(44)40-39-33(43)23-7-9-24(38)10-8-23)18-14-27-25(32(31)37)11-12-30-35(5)17-15-29(45-22(4)41)21(3)26(35)13-16-36(27,30)6/h7-10,20-21,25-27,29-30H,11-19H2,1-6H3,(H,39,43)(H,40,44). The van der Waals surface area contributed by atoms with Gasteiger partial charge in [-0.05, 0) is 133 Å². The second-order valence-corrected chi connectivity index (χ2v) is 16.1. The Bertz CT molecular complexity index is 1440. The molecule has 9 unspecified atom stereocenters. The van der Waals surface area contributed by atoms with E-state index in [1.54, 1.807) is 24.3 Å². The lowest BCUT2D eigenvalue weighted by Crippen LogP contribution is -2.61. The fraction of sp³-hybridized carbons (Fsp3) is 0.676. The van der Waals surface area contributed by atoms with Crippen molar-refractivity contribution in [3.63, 3.8) is 0 Å². The van der Waals surface area contributed by atoms with E-state index in [0.29, 0.717) is 40.7 Å². The van der Waals surface area contributed by atoms with E-state index in [1.165, 1.54) is 6.92 Å². The molecule has 244 valence electrons. The van der Waals surface area contributed by atoms with E-state index < -0.39 is 11.3 Å². The molecule has 9 atom stereocenters. The van der Waals surface area contributed by atoms with Crippen LogP contribution in [-0.2, 0) is 19.1 Å². The summed E-state index contributed by atoms with van der Waals surface area (Å²) in [7, 11) is 0. The van der Waals surface area contributed by atoms with Crippen LogP contribution in [0.3, 0.4) is 0 Å². The SMILES string of the molecule is CC(=O)OC1CCC2(C)C(CCC3(C)C4CCC5(C(=O)NNC(=O)c6ccc(Cl)cc6)CC(=O)C(C(C)C)=C5C4CCC32)C1C. The minimum Gasteiger partial charge on any atom is -0.462 e. The van der Waals surface area contributed by atoms with Crippen molar-refractivity contribution in [1.29, 1.82) is 0 Å². The van der Waals surface area contributed by atoms with E-state index in [9.17, 15) is 19.2 Å². The molecule has 1 aromatic carbocycles. The second-order valence-electron chi connectivity index (χ2n) is 15.7. The molecule has 8 heteroatoms. The predicted octanol–water partition coefficient (Wildman–Crippen LogP) is 7.23. The van der Waals surface area contributed by atoms with Gasteiger partial charge in [-0.2, -0.15) is 0 Å². The van der Waals surface area contributed by atoms with E-state index in [0.717, 1.165) is 56.1 Å². The molecule has 0 heterocycles. The van der Waals surface area contributed by atoms with Gasteiger partial charge >= 0.3 is 5.97 Å². The number of hydrogen-bond donors (Lipinski definition) is 2. The molecule has 0 radical (unpaired) electrons. The first kappa shape index (κ1) is 32.3. The van der Waals surface area contributed by atoms with Crippen LogP contribution in [0, 0.1) is 51.8 Å². The lowest BCUT2D eigenvalue weighted by atomic mass is 9.38. The fourth-order valence-electron chi connectivity index (χ4n) is 11.5. The highest BCUT2D eigenvalue weighted by molar-refractivity contribution is 6.30. The van der Waals surface area contributed by atoms with Crippen LogP contribution in [0.25, 0.3) is 0 Å². The van der Waals surface area contributed by atoms with Gasteiger partial charge in [-0.15, -0.1) is 0 Å². The molecule has 4 fully saturated rings. The quantitative estimate of drug-likeness (QED) is 0.268. The van der Waals surface area contributed by atoms with Gasteiger partial charge in [-0.3, -0.25) is 30.0 Å². The van der Waals surface area contributed by atoms with E-state index in [1.807, 2.05) is 0 Å². The summed E-state index contributed by atoms with van der Waals surface area (Å²) in [5, 5.41) is 0.529. The Morgan fingerprint density at radius 3 is 2.22 bits per heavy atom. The van der Waals surface area contributed by atoms with Crippen molar-refractivity contribution in [3.05, 3.63) is 46.0 Å². The molecule has 5 aliphatic carbocycles. The first-order valence-electron chi connectivity index (χ1n) is 17.0. The van der Waals surface area contributed by atoms with Gasteiger partial charge in [0.1, 0.15) is 6.10 Å². The number of amides is 2. The van der Waals surface area contributed by atoms with Crippen LogP contribution in [0.5, 0.6) is 0 Å². The summed E-state index contributed by atoms with van der Waals surface area (Å²) in [5.74, 6) is 1.21. The van der Waals surface area contributed by atoms with Crippen molar-refractivity contribution in [1.82, 2.24) is 10.9 Å². The van der Waals surface area contributed by atoms with Crippen molar-refractivity contribution < 1.29 is 23.9 Å². The lowest BCUT2D eigenvalue weighted by Gasteiger charge is -2.67. The van der Waals surface area contributed by atoms with Gasteiger partial charge in [0, 0.05) is 23.9 Å². The van der Waals surface area contributed by atoms with Crippen LogP contribution in [0.4, 0.5) is 0 Å². The summed E-state index contributed by atoms with van der Waals surface area (Å²) >= 11 is 5.98. The molecule has 4 saturated carbocycles. The highest BCUT2D eigenvalue weighted by atomic mass is 35.5. The number of Topliss-reactive ketones (excluding diaryl/α,β-unsaturated/α-hetero) is 1. The van der Waals surface area contributed by atoms with Crippen molar-refractivity contribution in [2.75, 3.05) is 0 Å². The van der Waals surface area contributed by atoms with Crippen LogP contribution < -0.4 is 10.9 Å². The third-order valence-electron chi connectivity index (χ3n) is 13.3. The number of fused-ring (bicyclic) bond motifs is 7. The number of esters is 1. The largest absolute Gasteiger partial charge is 0.462 e. The third kappa shape index (κ3) is 5.07. The predicted molar refractivity (Wildman–Crippen MR) is 173 cm³/mol. The van der Waals surface area contributed by atoms with Gasteiger partial charge in [0.25, 0.3) is 5.91 Å². The zero-order valence-corrected chi connectivity index (χ0v) is 28.4. The van der Waals surface area contributed by atoms with Crippen LogP contribution in [0.2, 0.25) is 5.02 Å². The van der Waals surface area contributed by atoms with Crippen LogP contribution in [0.15, 0.2) is 35.4 Å². The maximum atomic E-state index is 14.2. The Balaban J connectivity index is 1.28. The Hall–Kier alpha value is -2.67. The van der Waals surface area contributed by atoms with Gasteiger partial charge in [0.05, 0.1) is 5.41 Å². The number of hydrogen-bond acceptors (Lipinski definition) is 5. The normalized spacial score (nSPS) is 38.9. The minimum absolute atomic E-state index is 0.00137. The monoisotopic (exact) mass is 636 g/mol. The molecule has 0 bridgehead atoms. The number of carbonyl (C=O) groups excluding carboxylic acids is 4. The maximum Gasteiger partial charge on any atom is 0.302 e. The summed E-state index contributed by atoms with van der Waals surface area (Å²) < 4.78 is 5.79.